The number of carbonyl (C=O) groups excluding carboxylic acids is 1. The van der Waals surface area contributed by atoms with Gasteiger partial charge in [0.05, 0.1) is 32.1 Å². The highest BCUT2D eigenvalue weighted by molar-refractivity contribution is 8.00. The molecule has 1 aromatic heterocycles. The molecular weight excluding hydrogens is 414 g/mol. The highest BCUT2D eigenvalue weighted by atomic mass is 32.2. The monoisotopic (exact) mass is 445 g/mol. The van der Waals surface area contributed by atoms with E-state index in [-0.39, 0.29) is 6.54 Å². The van der Waals surface area contributed by atoms with Crippen LogP contribution in [0.4, 0.5) is 11.6 Å². The number of hydrogen-bond donors (Lipinski definition) is 1. The van der Waals surface area contributed by atoms with Gasteiger partial charge in [-0.25, -0.2) is 0 Å². The molecule has 0 atom stereocenters. The van der Waals surface area contributed by atoms with Crippen LogP contribution in [0.15, 0.2) is 64.0 Å². The Morgan fingerprint density at radius 2 is 1.81 bits per heavy atom. The molecule has 0 fully saturated rings. The molecule has 0 saturated carbocycles. The Kier molecular flexibility index (Phi) is 12.4. The summed E-state index contributed by atoms with van der Waals surface area (Å²) in [7, 11) is 5.01. The Bertz CT molecular complexity index is 888. The lowest BCUT2D eigenvalue weighted by molar-refractivity contribution is -0.106. The maximum Gasteiger partial charge on any atom is 0.224 e. The van der Waals surface area contributed by atoms with Crippen LogP contribution in [0.3, 0.4) is 0 Å². The second kappa shape index (κ2) is 14.8. The van der Waals surface area contributed by atoms with E-state index in [1.54, 1.807) is 21.3 Å². The van der Waals surface area contributed by atoms with Gasteiger partial charge in [-0.15, -0.1) is 0 Å². The summed E-state index contributed by atoms with van der Waals surface area (Å²) in [6.07, 6.45) is 0.870. The molecule has 3 aromatic rings. The number of hydrogen-bond acceptors (Lipinski definition) is 8. The Morgan fingerprint density at radius 3 is 2.29 bits per heavy atom. The number of carbonyl (C=O) groups is 1. The molecule has 1 heterocycles. The molecule has 0 radical (unpaired) electrons. The summed E-state index contributed by atoms with van der Waals surface area (Å²) in [4.78, 5) is 12.1. The van der Waals surface area contributed by atoms with Gasteiger partial charge in [0, 0.05) is 24.1 Å². The largest absolute Gasteiger partial charge is 0.497 e. The summed E-state index contributed by atoms with van der Waals surface area (Å²) in [6.45, 7) is 6.13. The molecule has 0 saturated heterocycles. The minimum atomic E-state index is 0.253. The molecule has 31 heavy (non-hydrogen) atoms. The number of aldehydes is 1. The van der Waals surface area contributed by atoms with Crippen molar-refractivity contribution in [3.05, 3.63) is 60.3 Å². The number of benzene rings is 2. The van der Waals surface area contributed by atoms with Gasteiger partial charge in [-0.2, -0.15) is 0 Å². The topological polar surface area (TPSA) is 76.8 Å². The molecule has 1 N–H and O–H groups in total. The van der Waals surface area contributed by atoms with Crippen molar-refractivity contribution in [2.24, 2.45) is 0 Å². The Morgan fingerprint density at radius 1 is 1.10 bits per heavy atom. The second-order valence-electron chi connectivity index (χ2n) is 5.75. The van der Waals surface area contributed by atoms with Crippen LogP contribution in [-0.4, -0.2) is 39.3 Å². The Labute approximate surface area is 188 Å². The smallest absolute Gasteiger partial charge is 0.224 e. The van der Waals surface area contributed by atoms with Crippen LogP contribution in [0.1, 0.15) is 19.5 Å². The Hall–Kier alpha value is -3.13. The number of nitrogens with one attached hydrogen (secondary N) is 1. The van der Waals surface area contributed by atoms with E-state index in [9.17, 15) is 4.79 Å². The van der Waals surface area contributed by atoms with Crippen molar-refractivity contribution >= 4 is 29.8 Å². The third-order valence-corrected chi connectivity index (χ3v) is 4.78. The lowest BCUT2D eigenvalue weighted by Crippen LogP contribution is -2.17. The number of ether oxygens (including phenoxy) is 2. The molecule has 0 bridgehead atoms. The van der Waals surface area contributed by atoms with Crippen LogP contribution in [0.25, 0.3) is 0 Å². The molecule has 2 aromatic carbocycles. The van der Waals surface area contributed by atoms with Gasteiger partial charge in [-0.3, -0.25) is 0 Å². The van der Waals surface area contributed by atoms with Gasteiger partial charge in [0.15, 0.2) is 0 Å². The predicted octanol–water partition coefficient (Wildman–Crippen LogP) is 5.47. The van der Waals surface area contributed by atoms with Crippen molar-refractivity contribution in [3.63, 3.8) is 0 Å². The lowest BCUT2D eigenvalue weighted by atomic mass is 10.2. The van der Waals surface area contributed by atoms with E-state index in [0.29, 0.717) is 11.6 Å². The zero-order chi connectivity index (χ0) is 23.1. The standard InChI is InChI=1S/C16H17NO3S.C5H8N2O.C2H6/c1-19-13-8-9-16(20-2)15(12-13)17(10-11-18)21-14-6-4-3-5-7-14;1-4-3-5(6-2)8-7-4;1-2/h3-9,11-12H,10H2,1-2H3;3,6H,1-2H3;1-2H3. The molecule has 0 spiro atoms. The minimum absolute atomic E-state index is 0.253. The summed E-state index contributed by atoms with van der Waals surface area (Å²) in [6, 6.07) is 17.2. The highest BCUT2D eigenvalue weighted by Gasteiger charge is 2.14. The fraction of sp³-hybridized carbons (Fsp3) is 0.304. The first-order valence-electron chi connectivity index (χ1n) is 9.88. The minimum Gasteiger partial charge on any atom is -0.497 e. The maximum atomic E-state index is 11.0. The van der Waals surface area contributed by atoms with Gasteiger partial charge in [0.1, 0.15) is 17.8 Å². The summed E-state index contributed by atoms with van der Waals surface area (Å²) in [5.41, 5.74) is 1.70. The highest BCUT2D eigenvalue weighted by Crippen LogP contribution is 2.37. The predicted molar refractivity (Wildman–Crippen MR) is 127 cm³/mol. The SMILES string of the molecule is CC.CNc1cc(C)no1.COc1ccc(OC)c(N(CC=O)Sc2ccccc2)c1. The van der Waals surface area contributed by atoms with E-state index >= 15 is 0 Å². The molecule has 0 unspecified atom stereocenters. The van der Waals surface area contributed by atoms with Crippen molar-refractivity contribution in [2.75, 3.05) is 37.4 Å². The molecule has 7 nitrogen and oxygen atoms in total. The van der Waals surface area contributed by atoms with Crippen molar-refractivity contribution < 1.29 is 18.8 Å². The third-order valence-electron chi connectivity index (χ3n) is 3.73. The fourth-order valence-electron chi connectivity index (χ4n) is 2.33. The summed E-state index contributed by atoms with van der Waals surface area (Å²) >= 11 is 1.48. The van der Waals surface area contributed by atoms with E-state index in [1.807, 2.05) is 79.7 Å². The fourth-order valence-corrected chi connectivity index (χ4v) is 3.24. The molecule has 168 valence electrons. The average molecular weight is 446 g/mol. The maximum absolute atomic E-state index is 11.0. The van der Waals surface area contributed by atoms with Crippen molar-refractivity contribution in [1.29, 1.82) is 0 Å². The summed E-state index contributed by atoms with van der Waals surface area (Å²) in [5, 5.41) is 6.47. The number of rotatable bonds is 8. The molecule has 0 aliphatic rings. The molecule has 0 aliphatic carbocycles. The first-order chi connectivity index (χ1) is 15.1. The summed E-state index contributed by atoms with van der Waals surface area (Å²) < 4.78 is 17.3. The number of methoxy groups -OCH3 is 2. The van der Waals surface area contributed by atoms with Crippen LogP contribution >= 0.6 is 11.9 Å². The first-order valence-corrected chi connectivity index (χ1v) is 10.7. The van der Waals surface area contributed by atoms with Crippen molar-refractivity contribution in [3.8, 4) is 11.5 Å². The average Bonchev–Trinajstić information content (AvgIpc) is 3.26. The van der Waals surface area contributed by atoms with Crippen LogP contribution in [-0.2, 0) is 4.79 Å². The zero-order valence-electron chi connectivity index (χ0n) is 18.9. The molecule has 0 aliphatic heterocycles. The van der Waals surface area contributed by atoms with Gasteiger partial charge < -0.3 is 28.4 Å². The van der Waals surface area contributed by atoms with Gasteiger partial charge in [0.25, 0.3) is 0 Å². The van der Waals surface area contributed by atoms with Crippen molar-refractivity contribution in [2.45, 2.75) is 25.7 Å². The van der Waals surface area contributed by atoms with Crippen molar-refractivity contribution in [1.82, 2.24) is 5.16 Å². The number of aryl methyl sites for hydroxylation is 1. The zero-order valence-corrected chi connectivity index (χ0v) is 19.7. The van der Waals surface area contributed by atoms with Gasteiger partial charge in [-0.1, -0.05) is 37.2 Å². The number of aromatic nitrogens is 1. The van der Waals surface area contributed by atoms with E-state index < -0.39 is 0 Å². The molecule has 0 amide bonds. The quantitative estimate of drug-likeness (QED) is 0.361. The van der Waals surface area contributed by atoms with Crippen LogP contribution in [0, 0.1) is 6.92 Å². The van der Waals surface area contributed by atoms with Crippen LogP contribution < -0.4 is 19.1 Å². The van der Waals surface area contributed by atoms with Crippen LogP contribution in [0.2, 0.25) is 0 Å². The molecule has 8 heteroatoms. The first kappa shape index (κ1) is 25.9. The Balaban J connectivity index is 0.000000400. The van der Waals surface area contributed by atoms with E-state index in [2.05, 4.69) is 10.5 Å². The van der Waals surface area contributed by atoms with Gasteiger partial charge in [0.2, 0.25) is 5.88 Å². The molecule has 3 rings (SSSR count). The number of nitrogens with zero attached hydrogens (tertiary/aromatic N) is 2. The van der Waals surface area contributed by atoms with E-state index in [4.69, 9.17) is 14.0 Å². The molecular formula is C23H31N3O4S. The lowest BCUT2D eigenvalue weighted by Gasteiger charge is -2.23. The second-order valence-corrected chi connectivity index (χ2v) is 6.85. The third kappa shape index (κ3) is 8.64. The normalized spacial score (nSPS) is 9.35. The summed E-state index contributed by atoms with van der Waals surface area (Å²) in [5.74, 6) is 2.12. The van der Waals surface area contributed by atoms with E-state index in [0.717, 1.165) is 28.3 Å². The van der Waals surface area contributed by atoms with E-state index in [1.165, 1.54) is 11.9 Å². The van der Waals surface area contributed by atoms with Gasteiger partial charge >= 0.3 is 0 Å². The number of anilines is 2. The van der Waals surface area contributed by atoms with Gasteiger partial charge in [-0.05, 0) is 43.1 Å². The van der Waals surface area contributed by atoms with Crippen LogP contribution in [0.5, 0.6) is 11.5 Å².